The van der Waals surface area contributed by atoms with E-state index in [4.69, 9.17) is 0 Å². The van der Waals surface area contributed by atoms with Crippen LogP contribution in [0.15, 0.2) is 108 Å². The summed E-state index contributed by atoms with van der Waals surface area (Å²) in [5.74, 6) is -1.18. The fraction of sp³-hybridized carbons (Fsp3) is 0. The van der Waals surface area contributed by atoms with E-state index in [9.17, 15) is 18.3 Å². The summed E-state index contributed by atoms with van der Waals surface area (Å²) in [4.78, 5) is 11.6. The van der Waals surface area contributed by atoms with Crippen LogP contribution in [-0.2, 0) is 10.0 Å². The maximum atomic E-state index is 14.3. The average molecular weight is 579 g/mol. The van der Waals surface area contributed by atoms with Crippen molar-refractivity contribution in [1.29, 1.82) is 0 Å². The van der Waals surface area contributed by atoms with Crippen molar-refractivity contribution in [2.24, 2.45) is 0 Å². The van der Waals surface area contributed by atoms with Crippen molar-refractivity contribution in [3.8, 4) is 0 Å². The molecule has 0 aliphatic carbocycles. The van der Waals surface area contributed by atoms with Gasteiger partial charge in [-0.25, -0.2) is 17.5 Å². The Morgan fingerprint density at radius 3 is 1.74 bits per heavy atom. The molecule has 5 aromatic rings. The Bertz CT molecular complexity index is 1590. The highest BCUT2D eigenvalue weighted by Crippen LogP contribution is 2.40. The minimum absolute atomic E-state index is 0.0822. The van der Waals surface area contributed by atoms with Crippen LogP contribution in [-0.4, -0.2) is 19.5 Å². The standard InChI is InChI=1S/C27H18INO4S/c28-21-15-20(27(30)31)16-22(17-21)34(32,33)29(25-13-5-9-18-7-1-3-11-23(18)25)26-14-6-10-19-8-2-4-12-24(19)26/h1-17H,(H,30,31). The molecule has 0 aromatic heterocycles. The molecule has 0 saturated heterocycles. The molecule has 0 amide bonds. The quantitative estimate of drug-likeness (QED) is 0.232. The second-order valence-electron chi connectivity index (χ2n) is 7.75. The zero-order valence-corrected chi connectivity index (χ0v) is 20.7. The molecule has 1 N–H and O–H groups in total. The first kappa shape index (κ1) is 22.4. The molecular formula is C27H18INO4S. The maximum absolute atomic E-state index is 14.3. The van der Waals surface area contributed by atoms with Crippen LogP contribution < -0.4 is 4.31 Å². The van der Waals surface area contributed by atoms with Crippen LogP contribution in [0, 0.1) is 3.57 Å². The van der Waals surface area contributed by atoms with E-state index in [0.717, 1.165) is 21.5 Å². The van der Waals surface area contributed by atoms with E-state index in [2.05, 4.69) is 0 Å². The Labute approximate surface area is 210 Å². The van der Waals surface area contributed by atoms with Crippen molar-refractivity contribution in [2.45, 2.75) is 4.90 Å². The largest absolute Gasteiger partial charge is 0.478 e. The van der Waals surface area contributed by atoms with Gasteiger partial charge in [0.2, 0.25) is 0 Å². The molecule has 5 rings (SSSR count). The lowest BCUT2D eigenvalue weighted by Gasteiger charge is -2.27. The van der Waals surface area contributed by atoms with Gasteiger partial charge in [0.1, 0.15) is 0 Å². The number of nitrogens with zero attached hydrogens (tertiary/aromatic N) is 1. The van der Waals surface area contributed by atoms with Crippen LogP contribution in [0.1, 0.15) is 10.4 Å². The highest BCUT2D eigenvalue weighted by Gasteiger charge is 2.30. The number of fused-ring (bicyclic) bond motifs is 2. The fourth-order valence-corrected chi connectivity index (χ4v) is 6.58. The minimum atomic E-state index is -4.20. The van der Waals surface area contributed by atoms with Gasteiger partial charge in [0.05, 0.1) is 21.8 Å². The Hall–Kier alpha value is -3.43. The number of hydrogen-bond donors (Lipinski definition) is 1. The van der Waals surface area contributed by atoms with Crippen LogP contribution >= 0.6 is 22.6 Å². The summed E-state index contributed by atoms with van der Waals surface area (Å²) < 4.78 is 30.4. The van der Waals surface area contributed by atoms with E-state index < -0.39 is 16.0 Å². The number of aromatic carboxylic acids is 1. The molecule has 0 aliphatic rings. The van der Waals surface area contributed by atoms with E-state index in [1.807, 2.05) is 95.4 Å². The van der Waals surface area contributed by atoms with Gasteiger partial charge in [-0.3, -0.25) is 0 Å². The molecule has 0 bridgehead atoms. The van der Waals surface area contributed by atoms with Crippen LogP contribution in [0.5, 0.6) is 0 Å². The molecule has 0 fully saturated rings. The summed E-state index contributed by atoms with van der Waals surface area (Å²) in [6, 6.07) is 30.4. The highest BCUT2D eigenvalue weighted by molar-refractivity contribution is 14.1. The predicted molar refractivity (Wildman–Crippen MR) is 143 cm³/mol. The van der Waals surface area contributed by atoms with Crippen molar-refractivity contribution in [2.75, 3.05) is 4.31 Å². The number of carbonyl (C=O) groups is 1. The van der Waals surface area contributed by atoms with E-state index in [-0.39, 0.29) is 10.5 Å². The number of halogens is 1. The minimum Gasteiger partial charge on any atom is -0.478 e. The summed E-state index contributed by atoms with van der Waals surface area (Å²) >= 11 is 1.94. The van der Waals surface area contributed by atoms with Crippen LogP contribution in [0.2, 0.25) is 0 Å². The molecule has 5 aromatic carbocycles. The number of rotatable bonds is 5. The van der Waals surface area contributed by atoms with Crippen LogP contribution in [0.25, 0.3) is 21.5 Å². The molecule has 0 saturated carbocycles. The molecular weight excluding hydrogens is 561 g/mol. The number of carboxylic acids is 1. The van der Waals surface area contributed by atoms with Crippen molar-refractivity contribution >= 4 is 71.5 Å². The SMILES string of the molecule is O=C(O)c1cc(I)cc(S(=O)(=O)N(c2cccc3ccccc23)c2cccc3ccccc23)c1. The van der Waals surface area contributed by atoms with Gasteiger partial charge in [-0.2, -0.15) is 0 Å². The molecule has 0 unspecified atom stereocenters. The first-order valence-electron chi connectivity index (χ1n) is 10.4. The van der Waals surface area contributed by atoms with Crippen molar-refractivity contribution in [3.63, 3.8) is 0 Å². The van der Waals surface area contributed by atoms with Gasteiger partial charge in [-0.15, -0.1) is 0 Å². The molecule has 34 heavy (non-hydrogen) atoms. The van der Waals surface area contributed by atoms with Gasteiger partial charge in [-0.05, 0) is 63.7 Å². The van der Waals surface area contributed by atoms with Crippen molar-refractivity contribution in [1.82, 2.24) is 0 Å². The summed E-state index contributed by atoms with van der Waals surface area (Å²) in [7, 11) is -4.20. The third kappa shape index (κ3) is 3.91. The van der Waals surface area contributed by atoms with Crippen LogP contribution in [0.4, 0.5) is 11.4 Å². The summed E-state index contributed by atoms with van der Waals surface area (Å²) in [5.41, 5.74) is 0.900. The molecule has 168 valence electrons. The van der Waals surface area contributed by atoms with Crippen LogP contribution in [0.3, 0.4) is 0 Å². The monoisotopic (exact) mass is 579 g/mol. The first-order chi connectivity index (χ1) is 16.4. The Kier molecular flexibility index (Phi) is 5.75. The number of anilines is 2. The smallest absolute Gasteiger partial charge is 0.335 e. The van der Waals surface area contributed by atoms with E-state index in [1.54, 1.807) is 12.1 Å². The van der Waals surface area contributed by atoms with Gasteiger partial charge in [0.15, 0.2) is 0 Å². The third-order valence-corrected chi connectivity index (χ3v) is 7.96. The number of benzene rings is 5. The lowest BCUT2D eigenvalue weighted by Crippen LogP contribution is -2.27. The third-order valence-electron chi connectivity index (χ3n) is 5.63. The highest BCUT2D eigenvalue weighted by atomic mass is 127. The van der Waals surface area contributed by atoms with Gasteiger partial charge in [-0.1, -0.05) is 72.8 Å². The van der Waals surface area contributed by atoms with Gasteiger partial charge < -0.3 is 5.11 Å². The second-order valence-corrected chi connectivity index (χ2v) is 10.8. The predicted octanol–water partition coefficient (Wildman–Crippen LogP) is 6.82. The number of sulfonamides is 1. The molecule has 0 radical (unpaired) electrons. The maximum Gasteiger partial charge on any atom is 0.335 e. The second kappa shape index (κ2) is 8.73. The van der Waals surface area contributed by atoms with E-state index in [1.165, 1.54) is 22.5 Å². The fourth-order valence-electron chi connectivity index (χ4n) is 4.10. The molecule has 0 spiro atoms. The normalized spacial score (nSPS) is 11.6. The molecule has 0 atom stereocenters. The van der Waals surface area contributed by atoms with Gasteiger partial charge >= 0.3 is 5.97 Å². The molecule has 7 heteroatoms. The summed E-state index contributed by atoms with van der Waals surface area (Å²) in [6.45, 7) is 0. The summed E-state index contributed by atoms with van der Waals surface area (Å²) in [5, 5.41) is 12.9. The Balaban J connectivity index is 1.87. The zero-order chi connectivity index (χ0) is 23.9. The zero-order valence-electron chi connectivity index (χ0n) is 17.7. The van der Waals surface area contributed by atoms with E-state index in [0.29, 0.717) is 14.9 Å². The molecule has 0 heterocycles. The number of carboxylic acid groups (broad SMARTS) is 1. The lowest BCUT2D eigenvalue weighted by molar-refractivity contribution is 0.0696. The Morgan fingerprint density at radius 2 is 1.21 bits per heavy atom. The number of hydrogen-bond acceptors (Lipinski definition) is 3. The Morgan fingerprint density at radius 1 is 0.706 bits per heavy atom. The molecule has 5 nitrogen and oxygen atoms in total. The summed E-state index contributed by atoms with van der Waals surface area (Å²) in [6.07, 6.45) is 0. The van der Waals surface area contributed by atoms with Crippen molar-refractivity contribution in [3.05, 3.63) is 112 Å². The first-order valence-corrected chi connectivity index (χ1v) is 12.9. The van der Waals surface area contributed by atoms with Crippen molar-refractivity contribution < 1.29 is 18.3 Å². The average Bonchev–Trinajstić information content (AvgIpc) is 2.84. The van der Waals surface area contributed by atoms with Gasteiger partial charge in [0, 0.05) is 14.3 Å². The topological polar surface area (TPSA) is 74.7 Å². The van der Waals surface area contributed by atoms with E-state index >= 15 is 0 Å². The lowest BCUT2D eigenvalue weighted by atomic mass is 10.1. The van der Waals surface area contributed by atoms with Gasteiger partial charge in [0.25, 0.3) is 10.0 Å². The molecule has 0 aliphatic heterocycles.